The van der Waals surface area contributed by atoms with E-state index in [4.69, 9.17) is 40.1 Å². The normalized spacial score (nSPS) is 30.1. The molecule has 5 rings (SSSR count). The van der Waals surface area contributed by atoms with Crippen LogP contribution in [0, 0.1) is 0 Å². The van der Waals surface area contributed by atoms with Crippen LogP contribution in [-0.4, -0.2) is 71.9 Å². The molecule has 2 aromatic heterocycles. The van der Waals surface area contributed by atoms with Gasteiger partial charge < -0.3 is 43.3 Å². The summed E-state index contributed by atoms with van der Waals surface area (Å²) >= 11 is 6.27. The zero-order valence-corrected chi connectivity index (χ0v) is 22.2. The zero-order chi connectivity index (χ0) is 25.9. The highest BCUT2D eigenvalue weighted by Crippen LogP contribution is 2.56. The van der Waals surface area contributed by atoms with Crippen molar-refractivity contribution in [2.24, 2.45) is 0 Å². The average Bonchev–Trinajstić information content (AvgIpc) is 3.49. The summed E-state index contributed by atoms with van der Waals surface area (Å²) in [4.78, 5) is 36.8. The Morgan fingerprint density at radius 2 is 1.89 bits per heavy atom. The molecular formula is C20H29ClN4O9P2. The first-order valence-corrected chi connectivity index (χ1v) is 15.6. The Labute approximate surface area is 212 Å². The summed E-state index contributed by atoms with van der Waals surface area (Å²) in [5.74, 6) is -1.62. The van der Waals surface area contributed by atoms with Gasteiger partial charge in [-0.05, 0) is 44.4 Å². The van der Waals surface area contributed by atoms with Crippen LogP contribution in [-0.2, 0) is 27.9 Å². The number of anilines is 1. The lowest BCUT2D eigenvalue weighted by Gasteiger charge is -2.25. The van der Waals surface area contributed by atoms with Crippen molar-refractivity contribution in [3.8, 4) is 0 Å². The Bertz CT molecular complexity index is 1230. The molecule has 0 aromatic carbocycles. The van der Waals surface area contributed by atoms with E-state index >= 15 is 0 Å². The molecule has 1 unspecified atom stereocenters. The van der Waals surface area contributed by atoms with Gasteiger partial charge in [0.05, 0.1) is 12.0 Å². The number of ether oxygens (including phenoxy) is 3. The van der Waals surface area contributed by atoms with Gasteiger partial charge in [-0.1, -0.05) is 12.8 Å². The predicted molar refractivity (Wildman–Crippen MR) is 129 cm³/mol. The third-order valence-corrected chi connectivity index (χ3v) is 10.1. The van der Waals surface area contributed by atoms with Crippen molar-refractivity contribution >= 4 is 43.6 Å². The summed E-state index contributed by atoms with van der Waals surface area (Å²) < 4.78 is 48.4. The minimum Gasteiger partial charge on any atom is -0.367 e. The fourth-order valence-electron chi connectivity index (χ4n) is 5.07. The highest BCUT2D eigenvalue weighted by atomic mass is 35.5. The summed E-state index contributed by atoms with van der Waals surface area (Å²) in [5.41, 5.74) is 0.517. The summed E-state index contributed by atoms with van der Waals surface area (Å²) in [6.07, 6.45) is 3.30. The molecule has 0 radical (unpaired) electrons. The van der Waals surface area contributed by atoms with Crippen molar-refractivity contribution < 1.29 is 42.5 Å². The molecule has 4 heterocycles. The van der Waals surface area contributed by atoms with Gasteiger partial charge in [-0.3, -0.25) is 9.13 Å². The van der Waals surface area contributed by atoms with Gasteiger partial charge in [0, 0.05) is 12.2 Å². The topological polar surface area (TPSA) is 174 Å². The standard InChI is InChI=1S/C20H29ClN4O9P2/c1-20(2)33-14-13(9-31-36(29,30)10-35(26,27)28)32-18(15(14)34-20)25-8-7-12-16(22-11-5-3-4-6-11)23-19(21)24-17(12)25/h7-8,11,13-15,18H,3-6,9-10H2,1-2H3,(H,29,30)(H,22,23,24)(H2,26,27,28)/t13-,14-,15-,18-/m1/s1. The second-order valence-corrected chi connectivity index (χ2v) is 14.1. The van der Waals surface area contributed by atoms with E-state index in [2.05, 4.69) is 15.3 Å². The maximum atomic E-state index is 12.2. The predicted octanol–water partition coefficient (Wildman–Crippen LogP) is 3.19. The SMILES string of the molecule is CC1(C)O[C@@H]2[C@H](O1)[C@@H](COP(=O)(O)CP(=O)(O)O)O[C@H]2n1ccc2c(NC3CCCC3)nc(Cl)nc21. The lowest BCUT2D eigenvalue weighted by molar-refractivity contribution is -0.199. The lowest BCUT2D eigenvalue weighted by Crippen LogP contribution is -2.32. The molecule has 5 atom stereocenters. The Hall–Kier alpha value is -1.11. The maximum Gasteiger partial charge on any atom is 0.340 e. The molecule has 0 amide bonds. The van der Waals surface area contributed by atoms with Crippen LogP contribution in [0.1, 0.15) is 45.8 Å². The van der Waals surface area contributed by atoms with Gasteiger partial charge in [-0.25, -0.2) is 4.98 Å². The number of nitrogens with one attached hydrogen (secondary N) is 1. The van der Waals surface area contributed by atoms with Crippen molar-refractivity contribution in [2.45, 2.75) is 75.9 Å². The summed E-state index contributed by atoms with van der Waals surface area (Å²) in [7, 11) is -9.34. The van der Waals surface area contributed by atoms with Crippen molar-refractivity contribution in [3.05, 3.63) is 17.5 Å². The minimum absolute atomic E-state index is 0.0694. The fourth-order valence-corrected chi connectivity index (χ4v) is 7.80. The summed E-state index contributed by atoms with van der Waals surface area (Å²) in [6, 6.07) is 2.17. The highest BCUT2D eigenvalue weighted by molar-refractivity contribution is 7.70. The van der Waals surface area contributed by atoms with Gasteiger partial charge in [-0.2, -0.15) is 4.98 Å². The highest BCUT2D eigenvalue weighted by Gasteiger charge is 2.56. The molecule has 3 fully saturated rings. The average molecular weight is 567 g/mol. The van der Waals surface area contributed by atoms with E-state index in [9.17, 15) is 14.0 Å². The minimum atomic E-state index is -4.76. The smallest absolute Gasteiger partial charge is 0.340 e. The first kappa shape index (κ1) is 26.5. The Balaban J connectivity index is 1.41. The molecule has 13 nitrogen and oxygen atoms in total. The van der Waals surface area contributed by atoms with Crippen LogP contribution < -0.4 is 5.32 Å². The number of nitrogens with zero attached hydrogens (tertiary/aromatic N) is 3. The number of aromatic nitrogens is 3. The third-order valence-electron chi connectivity index (χ3n) is 6.44. The molecule has 2 aliphatic heterocycles. The van der Waals surface area contributed by atoms with E-state index in [0.717, 1.165) is 31.1 Å². The van der Waals surface area contributed by atoms with E-state index in [1.807, 2.05) is 6.07 Å². The molecule has 2 saturated heterocycles. The Kier molecular flexibility index (Phi) is 7.04. The van der Waals surface area contributed by atoms with Gasteiger partial charge in [0.25, 0.3) is 0 Å². The van der Waals surface area contributed by atoms with Crippen molar-refractivity contribution in [1.29, 1.82) is 0 Å². The molecule has 3 aliphatic rings. The van der Waals surface area contributed by atoms with E-state index in [1.165, 1.54) is 0 Å². The quantitative estimate of drug-likeness (QED) is 0.272. The first-order valence-electron chi connectivity index (χ1n) is 11.6. The van der Waals surface area contributed by atoms with E-state index in [-0.39, 0.29) is 5.28 Å². The van der Waals surface area contributed by atoms with Crippen LogP contribution in [0.4, 0.5) is 5.82 Å². The second kappa shape index (κ2) is 9.57. The largest absolute Gasteiger partial charge is 0.367 e. The van der Waals surface area contributed by atoms with Crippen LogP contribution in [0.25, 0.3) is 11.0 Å². The number of hydrogen-bond donors (Lipinski definition) is 4. The van der Waals surface area contributed by atoms with Gasteiger partial charge in [0.1, 0.15) is 29.8 Å². The number of rotatable bonds is 8. The van der Waals surface area contributed by atoms with Crippen molar-refractivity contribution in [2.75, 3.05) is 17.8 Å². The Morgan fingerprint density at radius 1 is 1.19 bits per heavy atom. The van der Waals surface area contributed by atoms with Crippen LogP contribution in [0.2, 0.25) is 5.28 Å². The van der Waals surface area contributed by atoms with Crippen molar-refractivity contribution in [1.82, 2.24) is 14.5 Å². The molecule has 16 heteroatoms. The first-order chi connectivity index (χ1) is 16.8. The number of fused-ring (bicyclic) bond motifs is 2. The number of hydrogen-bond acceptors (Lipinski definition) is 9. The van der Waals surface area contributed by atoms with Crippen LogP contribution in [0.15, 0.2) is 12.3 Å². The molecule has 36 heavy (non-hydrogen) atoms. The van der Waals surface area contributed by atoms with Gasteiger partial charge >= 0.3 is 15.2 Å². The van der Waals surface area contributed by atoms with Crippen LogP contribution >= 0.6 is 26.8 Å². The van der Waals surface area contributed by atoms with E-state index in [1.54, 1.807) is 24.6 Å². The maximum absolute atomic E-state index is 12.2. The van der Waals surface area contributed by atoms with Crippen molar-refractivity contribution in [3.63, 3.8) is 0 Å². The monoisotopic (exact) mass is 566 g/mol. The molecule has 0 spiro atoms. The molecule has 4 N–H and O–H groups in total. The number of halogens is 1. The van der Waals surface area contributed by atoms with Gasteiger partial charge in [-0.15, -0.1) is 0 Å². The van der Waals surface area contributed by atoms with E-state index in [0.29, 0.717) is 17.5 Å². The molecular weight excluding hydrogens is 538 g/mol. The molecule has 0 bridgehead atoms. The lowest BCUT2D eigenvalue weighted by atomic mass is 10.1. The summed E-state index contributed by atoms with van der Waals surface area (Å²) in [5, 5.41) is 4.29. The molecule has 200 valence electrons. The second-order valence-electron chi connectivity index (χ2n) is 9.80. The molecule has 1 aliphatic carbocycles. The van der Waals surface area contributed by atoms with Gasteiger partial charge in [0.15, 0.2) is 17.9 Å². The molecule has 1 saturated carbocycles. The van der Waals surface area contributed by atoms with Gasteiger partial charge in [0.2, 0.25) is 5.28 Å². The zero-order valence-electron chi connectivity index (χ0n) is 19.7. The fraction of sp³-hybridized carbons (Fsp3) is 0.700. The Morgan fingerprint density at radius 3 is 2.58 bits per heavy atom. The van der Waals surface area contributed by atoms with Crippen LogP contribution in [0.5, 0.6) is 0 Å². The summed E-state index contributed by atoms with van der Waals surface area (Å²) in [6.45, 7) is 3.04. The van der Waals surface area contributed by atoms with Crippen LogP contribution in [0.3, 0.4) is 0 Å². The third kappa shape index (κ3) is 5.66. The molecule has 2 aromatic rings. The van der Waals surface area contributed by atoms with E-state index < -0.39 is 58.0 Å².